The normalized spacial score (nSPS) is 10.5. The Morgan fingerprint density at radius 1 is 1.37 bits per heavy atom. The highest BCUT2D eigenvalue weighted by Gasteiger charge is 2.18. The minimum Gasteiger partial charge on any atom is -0.467 e. The lowest BCUT2D eigenvalue weighted by Crippen LogP contribution is -2.30. The molecular weight excluding hydrogens is 306 g/mol. The van der Waals surface area contributed by atoms with Gasteiger partial charge in [-0.25, -0.2) is 0 Å². The summed E-state index contributed by atoms with van der Waals surface area (Å²) in [7, 11) is 0. The number of carbonyl (C=O) groups excluding carboxylic acids is 1. The molecule has 1 aromatic carbocycles. The summed E-state index contributed by atoms with van der Waals surface area (Å²) in [5.74, 6) is 0.799. The van der Waals surface area contributed by atoms with E-state index in [0.717, 1.165) is 15.8 Å². The van der Waals surface area contributed by atoms with Crippen LogP contribution in [0.5, 0.6) is 0 Å². The van der Waals surface area contributed by atoms with Crippen LogP contribution in [0, 0.1) is 6.92 Å². The largest absolute Gasteiger partial charge is 0.467 e. The maximum Gasteiger partial charge on any atom is 0.255 e. The zero-order chi connectivity index (χ0) is 13.8. The van der Waals surface area contributed by atoms with Gasteiger partial charge in [0.25, 0.3) is 5.91 Å². The van der Waals surface area contributed by atoms with Crippen LogP contribution in [-0.4, -0.2) is 17.4 Å². The first-order chi connectivity index (χ1) is 9.11. The van der Waals surface area contributed by atoms with Crippen molar-refractivity contribution in [2.24, 2.45) is 0 Å². The average molecular weight is 322 g/mol. The van der Waals surface area contributed by atoms with Crippen LogP contribution in [0.1, 0.15) is 28.6 Å². The van der Waals surface area contributed by atoms with E-state index in [1.807, 2.05) is 44.2 Å². The lowest BCUT2D eigenvalue weighted by atomic mass is 10.1. The third kappa shape index (κ3) is 3.26. The summed E-state index contributed by atoms with van der Waals surface area (Å²) in [6, 6.07) is 9.49. The van der Waals surface area contributed by atoms with Crippen LogP contribution < -0.4 is 0 Å². The molecule has 0 unspecified atom stereocenters. The molecule has 0 radical (unpaired) electrons. The van der Waals surface area contributed by atoms with E-state index in [4.69, 9.17) is 4.42 Å². The number of carbonyl (C=O) groups is 1. The summed E-state index contributed by atoms with van der Waals surface area (Å²) in [4.78, 5) is 14.3. The quantitative estimate of drug-likeness (QED) is 0.852. The molecule has 3 nitrogen and oxygen atoms in total. The topological polar surface area (TPSA) is 33.5 Å². The number of aryl methyl sites for hydroxylation is 1. The van der Waals surface area contributed by atoms with Gasteiger partial charge in [0.05, 0.1) is 18.4 Å². The summed E-state index contributed by atoms with van der Waals surface area (Å²) >= 11 is 3.44. The summed E-state index contributed by atoms with van der Waals surface area (Å²) in [5, 5.41) is 0. The van der Waals surface area contributed by atoms with Crippen molar-refractivity contribution in [3.8, 4) is 0 Å². The minimum absolute atomic E-state index is 0.00877. The second-order valence-electron chi connectivity index (χ2n) is 4.38. The van der Waals surface area contributed by atoms with Crippen LogP contribution >= 0.6 is 15.9 Å². The maximum atomic E-state index is 12.5. The third-order valence-corrected chi connectivity index (χ3v) is 3.64. The molecule has 1 heterocycles. The van der Waals surface area contributed by atoms with Crippen LogP contribution in [0.4, 0.5) is 0 Å². The number of hydrogen-bond acceptors (Lipinski definition) is 2. The van der Waals surface area contributed by atoms with Gasteiger partial charge in [-0.2, -0.15) is 0 Å². The van der Waals surface area contributed by atoms with E-state index in [-0.39, 0.29) is 5.91 Å². The molecule has 0 aliphatic rings. The van der Waals surface area contributed by atoms with Gasteiger partial charge in [-0.15, -0.1) is 0 Å². The Morgan fingerprint density at radius 2 is 2.16 bits per heavy atom. The van der Waals surface area contributed by atoms with Crippen molar-refractivity contribution in [3.63, 3.8) is 0 Å². The second kappa shape index (κ2) is 6.06. The van der Waals surface area contributed by atoms with Crippen molar-refractivity contribution in [2.75, 3.05) is 6.54 Å². The fourth-order valence-electron chi connectivity index (χ4n) is 1.89. The van der Waals surface area contributed by atoms with Crippen molar-refractivity contribution in [1.29, 1.82) is 0 Å². The van der Waals surface area contributed by atoms with Gasteiger partial charge < -0.3 is 9.32 Å². The summed E-state index contributed by atoms with van der Waals surface area (Å²) < 4.78 is 6.12. The van der Waals surface area contributed by atoms with E-state index in [1.54, 1.807) is 11.2 Å². The van der Waals surface area contributed by atoms with Gasteiger partial charge >= 0.3 is 0 Å². The van der Waals surface area contributed by atoms with Crippen molar-refractivity contribution >= 4 is 21.8 Å². The van der Waals surface area contributed by atoms with E-state index in [9.17, 15) is 4.79 Å². The highest BCUT2D eigenvalue weighted by molar-refractivity contribution is 9.10. The van der Waals surface area contributed by atoms with Crippen molar-refractivity contribution in [1.82, 2.24) is 4.90 Å². The van der Waals surface area contributed by atoms with Crippen molar-refractivity contribution in [2.45, 2.75) is 20.4 Å². The number of rotatable bonds is 4. The molecule has 1 amide bonds. The van der Waals surface area contributed by atoms with E-state index >= 15 is 0 Å². The highest BCUT2D eigenvalue weighted by atomic mass is 79.9. The Balaban J connectivity index is 2.23. The first-order valence-electron chi connectivity index (χ1n) is 6.19. The zero-order valence-corrected chi connectivity index (χ0v) is 12.6. The Hall–Kier alpha value is -1.55. The van der Waals surface area contributed by atoms with E-state index < -0.39 is 0 Å². The van der Waals surface area contributed by atoms with Gasteiger partial charge in [0, 0.05) is 11.0 Å². The van der Waals surface area contributed by atoms with Crippen LogP contribution in [-0.2, 0) is 6.54 Å². The maximum absolute atomic E-state index is 12.5. The third-order valence-electron chi connectivity index (χ3n) is 2.95. The van der Waals surface area contributed by atoms with E-state index in [1.165, 1.54) is 0 Å². The molecule has 1 aromatic heterocycles. The number of amides is 1. The van der Waals surface area contributed by atoms with Gasteiger partial charge in [0.1, 0.15) is 5.76 Å². The molecule has 0 atom stereocenters. The SMILES string of the molecule is CCN(Cc1ccco1)C(=O)c1cc(C)ccc1Br. The minimum atomic E-state index is 0.00877. The Morgan fingerprint density at radius 3 is 2.79 bits per heavy atom. The Labute approximate surface area is 121 Å². The Kier molecular flexibility index (Phi) is 4.43. The molecule has 0 spiro atoms. The summed E-state index contributed by atoms with van der Waals surface area (Å²) in [5.41, 5.74) is 1.76. The fourth-order valence-corrected chi connectivity index (χ4v) is 2.31. The number of benzene rings is 1. The summed E-state index contributed by atoms with van der Waals surface area (Å²) in [6.45, 7) is 5.07. The standard InChI is InChI=1S/C15H16BrNO2/c1-3-17(10-12-5-4-8-19-12)15(18)13-9-11(2)6-7-14(13)16/h4-9H,3,10H2,1-2H3. The highest BCUT2D eigenvalue weighted by Crippen LogP contribution is 2.21. The molecule has 0 fully saturated rings. The molecule has 100 valence electrons. The molecular formula is C15H16BrNO2. The molecule has 4 heteroatoms. The van der Waals surface area contributed by atoms with Crippen LogP contribution in [0.15, 0.2) is 45.5 Å². The Bertz CT molecular complexity index is 564. The molecule has 2 rings (SSSR count). The number of furan rings is 1. The predicted molar refractivity (Wildman–Crippen MR) is 78.0 cm³/mol. The van der Waals surface area contributed by atoms with Gasteiger partial charge in [-0.05, 0) is 54.0 Å². The molecule has 19 heavy (non-hydrogen) atoms. The first-order valence-corrected chi connectivity index (χ1v) is 6.99. The van der Waals surface area contributed by atoms with Crippen LogP contribution in [0.3, 0.4) is 0 Å². The number of halogens is 1. The second-order valence-corrected chi connectivity index (χ2v) is 5.24. The fraction of sp³-hybridized carbons (Fsp3) is 0.267. The zero-order valence-electron chi connectivity index (χ0n) is 11.0. The van der Waals surface area contributed by atoms with Gasteiger partial charge in [0.15, 0.2) is 0 Å². The number of nitrogens with zero attached hydrogens (tertiary/aromatic N) is 1. The van der Waals surface area contributed by atoms with Crippen molar-refractivity contribution in [3.05, 3.63) is 58.0 Å². The summed E-state index contributed by atoms with van der Waals surface area (Å²) in [6.07, 6.45) is 1.62. The molecule has 0 aliphatic heterocycles. The molecule has 2 aromatic rings. The van der Waals surface area contributed by atoms with Gasteiger partial charge in [-0.3, -0.25) is 4.79 Å². The average Bonchev–Trinajstić information content (AvgIpc) is 2.91. The predicted octanol–water partition coefficient (Wildman–Crippen LogP) is 4.01. The smallest absolute Gasteiger partial charge is 0.255 e. The van der Waals surface area contributed by atoms with Gasteiger partial charge in [0.2, 0.25) is 0 Å². The lowest BCUT2D eigenvalue weighted by Gasteiger charge is -2.20. The molecule has 0 aliphatic carbocycles. The van der Waals surface area contributed by atoms with E-state index in [2.05, 4.69) is 15.9 Å². The number of hydrogen-bond donors (Lipinski definition) is 0. The molecule has 0 saturated carbocycles. The van der Waals surface area contributed by atoms with E-state index in [0.29, 0.717) is 18.7 Å². The first kappa shape index (κ1) is 13.9. The van der Waals surface area contributed by atoms with Crippen LogP contribution in [0.25, 0.3) is 0 Å². The monoisotopic (exact) mass is 321 g/mol. The van der Waals surface area contributed by atoms with Crippen LogP contribution in [0.2, 0.25) is 0 Å². The molecule has 0 bridgehead atoms. The lowest BCUT2D eigenvalue weighted by molar-refractivity contribution is 0.0740. The van der Waals surface area contributed by atoms with Crippen molar-refractivity contribution < 1.29 is 9.21 Å². The molecule has 0 N–H and O–H groups in total. The van der Waals surface area contributed by atoms with Gasteiger partial charge in [-0.1, -0.05) is 11.6 Å². The molecule has 0 saturated heterocycles.